The number of carboxylic acid groups (broad SMARTS) is 1. The fourth-order valence-corrected chi connectivity index (χ4v) is 7.32. The van der Waals surface area contributed by atoms with Crippen LogP contribution in [0.15, 0.2) is 57.4 Å². The topological polar surface area (TPSA) is 179 Å². The number of amides is 2. The Kier molecular flexibility index (Phi) is 8.30. The minimum absolute atomic E-state index is 0.121. The average molecular weight is 604 g/mol. The number of imidazole rings is 1. The predicted molar refractivity (Wildman–Crippen MR) is 147 cm³/mol. The molecule has 40 heavy (non-hydrogen) atoms. The van der Waals surface area contributed by atoms with Gasteiger partial charge in [-0.25, -0.2) is 9.55 Å². The van der Waals surface area contributed by atoms with Crippen LogP contribution in [0.3, 0.4) is 0 Å². The Balaban J connectivity index is 1.35. The van der Waals surface area contributed by atoms with Crippen LogP contribution < -0.4 is 20.6 Å². The SMILES string of the molecule is CO/N=C(\C(=O)N[C@@H]1C(=O)N2C(C(=O)[O-])=C(Cn3cc[n+]4c(SCCCO)cccc34)CS[C@@H]12)c1csc(N)n1. The summed E-state index contributed by atoms with van der Waals surface area (Å²) in [4.78, 5) is 48.3. The molecule has 2 aliphatic rings. The number of carbonyl (C=O) groups excluding carboxylic acids is 3. The summed E-state index contributed by atoms with van der Waals surface area (Å²) in [6.07, 6.45) is 4.42. The van der Waals surface area contributed by atoms with E-state index in [0.717, 1.165) is 27.8 Å². The third-order valence-corrected chi connectivity index (χ3v) is 9.40. The molecule has 1 fully saturated rings. The maximum atomic E-state index is 13.1. The van der Waals surface area contributed by atoms with Crippen LogP contribution in [-0.4, -0.2) is 79.7 Å². The molecule has 13 nitrogen and oxygen atoms in total. The summed E-state index contributed by atoms with van der Waals surface area (Å²) in [5.41, 5.74) is 6.90. The number of anilines is 1. The van der Waals surface area contributed by atoms with E-state index < -0.39 is 29.2 Å². The molecule has 0 unspecified atom stereocenters. The number of carboxylic acids is 1. The van der Waals surface area contributed by atoms with E-state index in [9.17, 15) is 19.5 Å². The largest absolute Gasteiger partial charge is 0.543 e. The van der Waals surface area contributed by atoms with Crippen molar-refractivity contribution < 1.29 is 33.8 Å². The minimum Gasteiger partial charge on any atom is -0.543 e. The number of nitrogen functional groups attached to an aromatic ring is 1. The maximum absolute atomic E-state index is 13.1. The van der Waals surface area contributed by atoms with Crippen LogP contribution in [0.2, 0.25) is 0 Å². The van der Waals surface area contributed by atoms with Gasteiger partial charge in [-0.15, -0.1) is 23.1 Å². The van der Waals surface area contributed by atoms with Gasteiger partial charge in [-0.05, 0) is 18.6 Å². The van der Waals surface area contributed by atoms with Crippen molar-refractivity contribution >= 4 is 69.1 Å². The summed E-state index contributed by atoms with van der Waals surface area (Å²) in [7, 11) is 1.28. The van der Waals surface area contributed by atoms with Crippen molar-refractivity contribution in [2.75, 3.05) is 31.0 Å². The van der Waals surface area contributed by atoms with Gasteiger partial charge in [0.25, 0.3) is 17.5 Å². The molecule has 5 heterocycles. The molecular weight excluding hydrogens is 579 g/mol. The lowest BCUT2D eigenvalue weighted by Gasteiger charge is -2.50. The van der Waals surface area contributed by atoms with E-state index in [0.29, 0.717) is 17.7 Å². The normalized spacial score (nSPS) is 19.0. The molecule has 5 rings (SSSR count). The number of thioether (sulfide) groups is 2. The number of nitrogens with one attached hydrogen (secondary N) is 1. The number of nitrogens with two attached hydrogens (primary N) is 1. The number of aliphatic hydroxyl groups excluding tert-OH is 1. The van der Waals surface area contributed by atoms with E-state index in [4.69, 9.17) is 15.7 Å². The number of aliphatic carboxylic acids is 1. The molecule has 0 saturated carbocycles. The summed E-state index contributed by atoms with van der Waals surface area (Å²) in [6.45, 7) is 0.358. The van der Waals surface area contributed by atoms with Gasteiger partial charge < -0.3 is 30.9 Å². The first-order chi connectivity index (χ1) is 19.3. The van der Waals surface area contributed by atoms with Gasteiger partial charge >= 0.3 is 0 Å². The number of β-lactam (4-membered cyclic amide) rings is 1. The van der Waals surface area contributed by atoms with Crippen molar-refractivity contribution in [2.24, 2.45) is 5.16 Å². The second-order valence-corrected chi connectivity index (χ2v) is 11.8. The summed E-state index contributed by atoms with van der Waals surface area (Å²) >= 11 is 4.09. The average Bonchev–Trinajstić information content (AvgIpc) is 3.56. The fourth-order valence-electron chi connectivity index (χ4n) is 4.49. The highest BCUT2D eigenvalue weighted by Crippen LogP contribution is 2.40. The zero-order valence-electron chi connectivity index (χ0n) is 21.2. The van der Waals surface area contributed by atoms with E-state index in [1.807, 2.05) is 39.6 Å². The van der Waals surface area contributed by atoms with Crippen molar-refractivity contribution in [3.63, 3.8) is 0 Å². The maximum Gasteiger partial charge on any atom is 0.287 e. The molecule has 2 aliphatic heterocycles. The summed E-state index contributed by atoms with van der Waals surface area (Å²) in [6, 6.07) is 4.85. The molecule has 16 heteroatoms. The van der Waals surface area contributed by atoms with E-state index in [1.165, 1.54) is 23.8 Å². The number of hydrogen-bond acceptors (Lipinski definition) is 12. The number of aromatic nitrogens is 3. The van der Waals surface area contributed by atoms with Crippen LogP contribution in [-0.2, 0) is 25.8 Å². The number of pyridine rings is 1. The highest BCUT2D eigenvalue weighted by molar-refractivity contribution is 8.00. The van der Waals surface area contributed by atoms with Crippen molar-refractivity contribution in [1.82, 2.24) is 19.8 Å². The van der Waals surface area contributed by atoms with Gasteiger partial charge in [0.2, 0.25) is 0 Å². The Hall–Kier alpha value is -3.60. The molecule has 0 bridgehead atoms. The summed E-state index contributed by atoms with van der Waals surface area (Å²) < 4.78 is 3.90. The lowest BCUT2D eigenvalue weighted by atomic mass is 10.0. The van der Waals surface area contributed by atoms with Gasteiger partial charge in [0, 0.05) is 35.1 Å². The second-order valence-electron chi connectivity index (χ2n) is 8.74. The molecule has 1 saturated heterocycles. The number of carbonyl (C=O) groups is 3. The molecule has 2 amide bonds. The summed E-state index contributed by atoms with van der Waals surface area (Å²) in [5, 5.41) is 29.8. The van der Waals surface area contributed by atoms with Crippen LogP contribution >= 0.6 is 34.9 Å². The Morgan fingerprint density at radius 2 is 2.25 bits per heavy atom. The number of oxime groups is 1. The van der Waals surface area contributed by atoms with Gasteiger partial charge in [0.1, 0.15) is 43.2 Å². The quantitative estimate of drug-likeness (QED) is 0.0627. The first-order valence-corrected chi connectivity index (χ1v) is 15.0. The van der Waals surface area contributed by atoms with Crippen LogP contribution in [0.5, 0.6) is 0 Å². The molecular formula is C24H25N7O6S3. The number of rotatable bonds is 11. The highest BCUT2D eigenvalue weighted by atomic mass is 32.2. The first kappa shape index (κ1) is 27.9. The first-order valence-electron chi connectivity index (χ1n) is 12.1. The van der Waals surface area contributed by atoms with E-state index in [-0.39, 0.29) is 35.4 Å². The number of fused-ring (bicyclic) bond motifs is 2. The summed E-state index contributed by atoms with van der Waals surface area (Å²) in [5.74, 6) is -1.63. The van der Waals surface area contributed by atoms with Crippen molar-refractivity contribution in [1.29, 1.82) is 0 Å². The zero-order valence-corrected chi connectivity index (χ0v) is 23.6. The molecule has 210 valence electrons. The van der Waals surface area contributed by atoms with E-state index in [2.05, 4.69) is 15.5 Å². The van der Waals surface area contributed by atoms with Crippen LogP contribution in [0, 0.1) is 0 Å². The van der Waals surface area contributed by atoms with Crippen molar-refractivity contribution in [3.05, 3.63) is 52.9 Å². The number of nitrogens with zero attached hydrogens (tertiary/aromatic N) is 5. The zero-order chi connectivity index (χ0) is 28.4. The molecule has 0 spiro atoms. The molecule has 3 aromatic heterocycles. The van der Waals surface area contributed by atoms with Crippen molar-refractivity contribution in [3.8, 4) is 0 Å². The standard InChI is InChI=1S/C24H25N7O6S3/c1-37-28-17(14-12-40-24(25)26-14)20(33)27-18-21(34)31-19(23(35)36)13(11-39-22(18)31)10-29-6-7-30-15(29)4-2-5-16(30)38-9-3-8-32/h2,4-7,12,18,22,32H,3,8-11H2,1H3,(H3-,25,26,27,33,35,36)/b28-17-/t18-,22+/m1/s1. The van der Waals surface area contributed by atoms with Crippen LogP contribution in [0.1, 0.15) is 12.1 Å². The van der Waals surface area contributed by atoms with Crippen LogP contribution in [0.4, 0.5) is 5.13 Å². The molecule has 0 aliphatic carbocycles. The minimum atomic E-state index is -1.46. The highest BCUT2D eigenvalue weighted by Gasteiger charge is 2.53. The van der Waals surface area contributed by atoms with E-state index >= 15 is 0 Å². The van der Waals surface area contributed by atoms with E-state index in [1.54, 1.807) is 17.1 Å². The smallest absolute Gasteiger partial charge is 0.287 e. The Morgan fingerprint density at radius 3 is 2.95 bits per heavy atom. The number of thiazole rings is 1. The van der Waals surface area contributed by atoms with Crippen molar-refractivity contribution in [2.45, 2.75) is 29.4 Å². The molecule has 4 N–H and O–H groups in total. The third kappa shape index (κ3) is 5.26. The third-order valence-electron chi connectivity index (χ3n) is 6.26. The fraction of sp³-hybridized carbons (Fsp3) is 0.333. The Labute approximate surface area is 240 Å². The molecule has 2 atom stereocenters. The second kappa shape index (κ2) is 11.9. The Morgan fingerprint density at radius 1 is 1.43 bits per heavy atom. The van der Waals surface area contributed by atoms with Gasteiger partial charge in [0.05, 0.1) is 11.7 Å². The van der Waals surface area contributed by atoms with Gasteiger partial charge in [-0.2, -0.15) is 4.40 Å². The monoisotopic (exact) mass is 603 g/mol. The lowest BCUT2D eigenvalue weighted by Crippen LogP contribution is -2.71. The van der Waals surface area contributed by atoms with Gasteiger partial charge in [-0.1, -0.05) is 16.9 Å². The number of aliphatic hydroxyl groups is 1. The van der Waals surface area contributed by atoms with Gasteiger partial charge in [-0.3, -0.25) is 14.5 Å². The molecule has 0 aromatic carbocycles. The molecule has 0 radical (unpaired) electrons. The van der Waals surface area contributed by atoms with Gasteiger partial charge in [0.15, 0.2) is 15.9 Å². The predicted octanol–water partition coefficient (Wildman–Crippen LogP) is -0.805. The lowest BCUT2D eigenvalue weighted by molar-refractivity contribution is -0.554. The number of hydrogen-bond donors (Lipinski definition) is 3. The Bertz CT molecular complexity index is 1530. The molecule has 3 aromatic rings. The van der Waals surface area contributed by atoms with Crippen LogP contribution in [0.25, 0.3) is 5.65 Å².